The molecule has 0 atom stereocenters. The van der Waals surface area contributed by atoms with Crippen LogP contribution in [0.3, 0.4) is 0 Å². The van der Waals surface area contributed by atoms with Gasteiger partial charge in [-0.25, -0.2) is 9.97 Å². The monoisotopic (exact) mass is 262 g/mol. The first-order valence-corrected chi connectivity index (χ1v) is 5.90. The van der Waals surface area contributed by atoms with Crippen molar-refractivity contribution in [3.63, 3.8) is 0 Å². The predicted molar refractivity (Wildman–Crippen MR) is 68.4 cm³/mol. The maximum atomic E-state index is 10.9. The van der Waals surface area contributed by atoms with Gasteiger partial charge in [-0.15, -0.1) is 0 Å². The molecule has 2 aromatic rings. The number of hydrogen-bond acceptors (Lipinski definition) is 6. The van der Waals surface area contributed by atoms with Crippen LogP contribution in [0.1, 0.15) is 5.69 Å². The van der Waals surface area contributed by atoms with E-state index in [1.807, 2.05) is 0 Å². The van der Waals surface area contributed by atoms with Crippen LogP contribution in [0, 0.1) is 17.0 Å². The van der Waals surface area contributed by atoms with Crippen molar-refractivity contribution in [3.8, 4) is 0 Å². The summed E-state index contributed by atoms with van der Waals surface area (Å²) in [4.78, 5) is 19.0. The number of benzene rings is 1. The van der Waals surface area contributed by atoms with E-state index in [-0.39, 0.29) is 11.6 Å². The van der Waals surface area contributed by atoms with E-state index in [1.54, 1.807) is 31.2 Å². The lowest BCUT2D eigenvalue weighted by Gasteiger charge is -2.03. The van der Waals surface area contributed by atoms with Gasteiger partial charge in [-0.05, 0) is 19.1 Å². The highest BCUT2D eigenvalue weighted by Gasteiger charge is 2.14. The lowest BCUT2D eigenvalue weighted by atomic mass is 10.3. The van der Waals surface area contributed by atoms with Crippen LogP contribution < -0.4 is 5.73 Å². The second kappa shape index (κ2) is 5.01. The number of nitro benzene ring substituents is 1. The van der Waals surface area contributed by atoms with Crippen molar-refractivity contribution >= 4 is 23.4 Å². The molecule has 1 heterocycles. The molecule has 6 nitrogen and oxygen atoms in total. The number of anilines is 1. The maximum Gasteiger partial charge on any atom is 0.283 e. The van der Waals surface area contributed by atoms with E-state index in [9.17, 15) is 10.1 Å². The van der Waals surface area contributed by atoms with Gasteiger partial charge in [0.1, 0.15) is 5.03 Å². The molecule has 0 aliphatic rings. The molecule has 2 N–H and O–H groups in total. The Labute approximate surface area is 107 Å². The number of nitrogens with zero attached hydrogens (tertiary/aromatic N) is 3. The smallest absolute Gasteiger partial charge is 0.283 e. The highest BCUT2D eigenvalue weighted by atomic mass is 32.2. The SMILES string of the molecule is Cc1cc(Sc2ccccc2[N+](=O)[O-])nc(N)n1. The highest BCUT2D eigenvalue weighted by molar-refractivity contribution is 7.99. The molecule has 92 valence electrons. The maximum absolute atomic E-state index is 10.9. The molecule has 0 aliphatic carbocycles. The topological polar surface area (TPSA) is 94.9 Å². The number of nitrogen functional groups attached to an aromatic ring is 1. The second-order valence-corrected chi connectivity index (χ2v) is 4.59. The molecule has 0 amide bonds. The molecule has 1 aromatic heterocycles. The summed E-state index contributed by atoms with van der Waals surface area (Å²) in [5.41, 5.74) is 6.32. The Morgan fingerprint density at radius 3 is 2.72 bits per heavy atom. The molecule has 7 heteroatoms. The normalized spacial score (nSPS) is 10.3. The van der Waals surface area contributed by atoms with Gasteiger partial charge < -0.3 is 5.73 Å². The van der Waals surface area contributed by atoms with Crippen molar-refractivity contribution in [3.05, 3.63) is 46.1 Å². The lowest BCUT2D eigenvalue weighted by Crippen LogP contribution is -1.97. The Kier molecular flexibility index (Phi) is 3.42. The molecule has 0 saturated heterocycles. The van der Waals surface area contributed by atoms with Crippen LogP contribution in [-0.2, 0) is 0 Å². The number of nitro groups is 1. The first-order chi connectivity index (χ1) is 8.56. The van der Waals surface area contributed by atoms with Crippen molar-refractivity contribution < 1.29 is 4.92 Å². The van der Waals surface area contributed by atoms with Crippen molar-refractivity contribution in [1.29, 1.82) is 0 Å². The third-order valence-corrected chi connectivity index (χ3v) is 3.11. The molecule has 0 fully saturated rings. The molecule has 0 aliphatic heterocycles. The third-order valence-electron chi connectivity index (χ3n) is 2.12. The summed E-state index contributed by atoms with van der Waals surface area (Å²) in [6.45, 7) is 1.79. The summed E-state index contributed by atoms with van der Waals surface area (Å²) in [6.07, 6.45) is 0. The summed E-state index contributed by atoms with van der Waals surface area (Å²) in [5.74, 6) is 0.163. The van der Waals surface area contributed by atoms with Crippen LogP contribution in [0.4, 0.5) is 11.6 Å². The standard InChI is InChI=1S/C11H10N4O2S/c1-7-6-10(14-11(12)13-7)18-9-5-3-2-4-8(9)15(16)17/h2-6H,1H3,(H2,12,13,14). The molecular formula is C11H10N4O2S. The van der Waals surface area contributed by atoms with Crippen LogP contribution in [0.2, 0.25) is 0 Å². The van der Waals surface area contributed by atoms with E-state index >= 15 is 0 Å². The van der Waals surface area contributed by atoms with Crippen LogP contribution in [0.5, 0.6) is 0 Å². The van der Waals surface area contributed by atoms with Crippen LogP contribution >= 0.6 is 11.8 Å². The summed E-state index contributed by atoms with van der Waals surface area (Å²) in [5, 5.41) is 11.5. The van der Waals surface area contributed by atoms with Crippen molar-refractivity contribution in [1.82, 2.24) is 9.97 Å². The van der Waals surface area contributed by atoms with E-state index < -0.39 is 4.92 Å². The molecule has 0 radical (unpaired) electrons. The number of hydrogen-bond donors (Lipinski definition) is 1. The van der Waals surface area contributed by atoms with Gasteiger partial charge in [-0.3, -0.25) is 10.1 Å². The van der Waals surface area contributed by atoms with E-state index in [0.29, 0.717) is 9.92 Å². The van der Waals surface area contributed by atoms with Crippen molar-refractivity contribution in [2.45, 2.75) is 16.8 Å². The minimum atomic E-state index is -0.417. The summed E-state index contributed by atoms with van der Waals surface area (Å²) < 4.78 is 0. The average Bonchev–Trinajstić information content (AvgIpc) is 2.27. The zero-order valence-corrected chi connectivity index (χ0v) is 10.3. The molecule has 0 saturated carbocycles. The number of nitrogens with two attached hydrogens (primary N) is 1. The van der Waals surface area contributed by atoms with E-state index in [0.717, 1.165) is 5.69 Å². The van der Waals surface area contributed by atoms with Gasteiger partial charge in [-0.1, -0.05) is 23.9 Å². The van der Waals surface area contributed by atoms with E-state index in [1.165, 1.54) is 17.8 Å². The summed E-state index contributed by atoms with van der Waals surface area (Å²) in [6, 6.07) is 8.24. The first kappa shape index (κ1) is 12.3. The molecule has 18 heavy (non-hydrogen) atoms. The van der Waals surface area contributed by atoms with Gasteiger partial charge in [0.25, 0.3) is 5.69 Å². The van der Waals surface area contributed by atoms with Crippen molar-refractivity contribution in [2.24, 2.45) is 0 Å². The highest BCUT2D eigenvalue weighted by Crippen LogP contribution is 2.33. The first-order valence-electron chi connectivity index (χ1n) is 5.08. The summed E-state index contributed by atoms with van der Waals surface area (Å²) >= 11 is 1.20. The Balaban J connectivity index is 2.37. The molecule has 0 bridgehead atoms. The lowest BCUT2D eigenvalue weighted by molar-refractivity contribution is -0.387. The number of aromatic nitrogens is 2. The van der Waals surface area contributed by atoms with Gasteiger partial charge in [0, 0.05) is 11.8 Å². The zero-order valence-electron chi connectivity index (χ0n) is 9.53. The molecule has 0 unspecified atom stereocenters. The zero-order chi connectivity index (χ0) is 13.1. The minimum Gasteiger partial charge on any atom is -0.368 e. The third kappa shape index (κ3) is 2.75. The molecular weight excluding hydrogens is 252 g/mol. The van der Waals surface area contributed by atoms with E-state index in [4.69, 9.17) is 5.73 Å². The van der Waals surface area contributed by atoms with Gasteiger partial charge in [0.15, 0.2) is 0 Å². The van der Waals surface area contributed by atoms with Crippen LogP contribution in [0.25, 0.3) is 0 Å². The van der Waals surface area contributed by atoms with Gasteiger partial charge in [-0.2, -0.15) is 0 Å². The second-order valence-electron chi connectivity index (χ2n) is 3.53. The number of para-hydroxylation sites is 1. The minimum absolute atomic E-state index is 0.0531. The van der Waals surface area contributed by atoms with Crippen LogP contribution in [0.15, 0.2) is 40.3 Å². The van der Waals surface area contributed by atoms with Crippen molar-refractivity contribution in [2.75, 3.05) is 5.73 Å². The Morgan fingerprint density at radius 1 is 1.33 bits per heavy atom. The quantitative estimate of drug-likeness (QED) is 0.518. The van der Waals surface area contributed by atoms with Gasteiger partial charge >= 0.3 is 0 Å². The average molecular weight is 262 g/mol. The Hall–Kier alpha value is -2.15. The fourth-order valence-corrected chi connectivity index (χ4v) is 2.41. The van der Waals surface area contributed by atoms with Gasteiger partial charge in [0.2, 0.25) is 5.95 Å². The molecule has 0 spiro atoms. The summed E-state index contributed by atoms with van der Waals surface area (Å²) in [7, 11) is 0. The number of aryl methyl sites for hydroxylation is 1. The number of rotatable bonds is 3. The van der Waals surface area contributed by atoms with E-state index in [2.05, 4.69) is 9.97 Å². The Morgan fingerprint density at radius 2 is 2.06 bits per heavy atom. The fraction of sp³-hybridized carbons (Fsp3) is 0.0909. The van der Waals surface area contributed by atoms with Gasteiger partial charge in [0.05, 0.1) is 9.82 Å². The molecule has 1 aromatic carbocycles. The molecule has 2 rings (SSSR count). The largest absolute Gasteiger partial charge is 0.368 e. The predicted octanol–water partition coefficient (Wildman–Crippen LogP) is 2.43. The van der Waals surface area contributed by atoms with Crippen LogP contribution in [-0.4, -0.2) is 14.9 Å². The Bertz CT molecular complexity index is 583. The fourth-order valence-electron chi connectivity index (χ4n) is 1.42.